The molecule has 1 N–H and O–H groups in total. The standard InChI is InChI=1S/C19H24O2/c1-4-5-16-8-12-18(13-9-16)21-15(3)19(20)17-10-6-14(2)7-11-17/h6-13,15,19-20H,4-5H2,1-3H3. The number of ether oxygens (including phenoxy) is 1. The minimum Gasteiger partial charge on any atom is -0.488 e. The van der Waals surface area contributed by atoms with E-state index >= 15 is 0 Å². The van der Waals surface area contributed by atoms with Crippen LogP contribution in [-0.2, 0) is 6.42 Å². The summed E-state index contributed by atoms with van der Waals surface area (Å²) in [6.07, 6.45) is 1.32. The summed E-state index contributed by atoms with van der Waals surface area (Å²) in [6.45, 7) is 6.10. The van der Waals surface area contributed by atoms with Crippen LogP contribution in [0.2, 0.25) is 0 Å². The highest BCUT2D eigenvalue weighted by molar-refractivity contribution is 5.28. The second-order valence-corrected chi connectivity index (χ2v) is 5.57. The van der Waals surface area contributed by atoms with Gasteiger partial charge in [-0.05, 0) is 43.5 Å². The summed E-state index contributed by atoms with van der Waals surface area (Å²) in [6, 6.07) is 16.0. The molecule has 0 radical (unpaired) electrons. The van der Waals surface area contributed by atoms with E-state index in [1.54, 1.807) is 0 Å². The molecule has 0 amide bonds. The van der Waals surface area contributed by atoms with Gasteiger partial charge in [0.25, 0.3) is 0 Å². The van der Waals surface area contributed by atoms with Gasteiger partial charge in [-0.2, -0.15) is 0 Å². The molecule has 0 bridgehead atoms. The molecule has 2 heteroatoms. The van der Waals surface area contributed by atoms with Gasteiger partial charge in [0.2, 0.25) is 0 Å². The molecule has 0 aliphatic carbocycles. The molecule has 2 nitrogen and oxygen atoms in total. The molecular formula is C19H24O2. The number of benzene rings is 2. The normalized spacial score (nSPS) is 13.7. The van der Waals surface area contributed by atoms with E-state index in [1.807, 2.05) is 50.2 Å². The molecule has 0 aliphatic heterocycles. The molecule has 0 saturated carbocycles. The van der Waals surface area contributed by atoms with Crippen LogP contribution >= 0.6 is 0 Å². The Morgan fingerprint density at radius 3 is 2.19 bits per heavy atom. The molecular weight excluding hydrogens is 260 g/mol. The molecule has 21 heavy (non-hydrogen) atoms. The number of hydrogen-bond acceptors (Lipinski definition) is 2. The van der Waals surface area contributed by atoms with Crippen molar-refractivity contribution < 1.29 is 9.84 Å². The number of aryl methyl sites for hydroxylation is 2. The van der Waals surface area contributed by atoms with Gasteiger partial charge in [0.1, 0.15) is 18.0 Å². The first-order chi connectivity index (χ1) is 10.1. The molecule has 0 aliphatic rings. The molecule has 0 fully saturated rings. The van der Waals surface area contributed by atoms with Gasteiger partial charge in [-0.25, -0.2) is 0 Å². The van der Waals surface area contributed by atoms with Crippen LogP contribution in [0.4, 0.5) is 0 Å². The van der Waals surface area contributed by atoms with Crippen LogP contribution < -0.4 is 4.74 Å². The fourth-order valence-corrected chi connectivity index (χ4v) is 2.34. The lowest BCUT2D eigenvalue weighted by Gasteiger charge is -2.21. The lowest BCUT2D eigenvalue weighted by Crippen LogP contribution is -2.21. The first kappa shape index (κ1) is 15.6. The molecule has 0 aromatic heterocycles. The molecule has 0 heterocycles. The van der Waals surface area contributed by atoms with Crippen molar-refractivity contribution in [1.29, 1.82) is 0 Å². The zero-order valence-electron chi connectivity index (χ0n) is 13.0. The van der Waals surface area contributed by atoms with Crippen molar-refractivity contribution in [2.45, 2.75) is 45.8 Å². The number of aliphatic hydroxyl groups is 1. The Morgan fingerprint density at radius 2 is 1.62 bits per heavy atom. The Labute approximate surface area is 127 Å². The molecule has 2 rings (SSSR count). The third kappa shape index (κ3) is 4.33. The van der Waals surface area contributed by atoms with Gasteiger partial charge < -0.3 is 9.84 Å². The number of rotatable bonds is 6. The van der Waals surface area contributed by atoms with Crippen molar-refractivity contribution in [2.24, 2.45) is 0 Å². The van der Waals surface area contributed by atoms with E-state index in [0.717, 1.165) is 24.2 Å². The zero-order valence-corrected chi connectivity index (χ0v) is 13.0. The maximum Gasteiger partial charge on any atom is 0.126 e. The largest absolute Gasteiger partial charge is 0.488 e. The molecule has 2 aromatic rings. The van der Waals surface area contributed by atoms with Crippen LogP contribution in [0.3, 0.4) is 0 Å². The van der Waals surface area contributed by atoms with Crippen LogP contribution in [-0.4, -0.2) is 11.2 Å². The van der Waals surface area contributed by atoms with Gasteiger partial charge in [-0.15, -0.1) is 0 Å². The van der Waals surface area contributed by atoms with Crippen molar-refractivity contribution in [3.8, 4) is 5.75 Å². The highest BCUT2D eigenvalue weighted by Gasteiger charge is 2.17. The third-order valence-electron chi connectivity index (χ3n) is 3.65. The fourth-order valence-electron chi connectivity index (χ4n) is 2.34. The van der Waals surface area contributed by atoms with E-state index in [2.05, 4.69) is 19.1 Å². The number of aliphatic hydroxyl groups excluding tert-OH is 1. The van der Waals surface area contributed by atoms with Crippen molar-refractivity contribution in [3.63, 3.8) is 0 Å². The van der Waals surface area contributed by atoms with Gasteiger partial charge in [-0.1, -0.05) is 55.3 Å². The molecule has 0 spiro atoms. The topological polar surface area (TPSA) is 29.5 Å². The van der Waals surface area contributed by atoms with Crippen molar-refractivity contribution in [2.75, 3.05) is 0 Å². The minimum absolute atomic E-state index is 0.287. The summed E-state index contributed by atoms with van der Waals surface area (Å²) >= 11 is 0. The summed E-state index contributed by atoms with van der Waals surface area (Å²) in [4.78, 5) is 0. The first-order valence-electron chi connectivity index (χ1n) is 7.60. The monoisotopic (exact) mass is 284 g/mol. The highest BCUT2D eigenvalue weighted by Crippen LogP contribution is 2.22. The minimum atomic E-state index is -0.624. The van der Waals surface area contributed by atoms with Gasteiger partial charge in [0, 0.05) is 0 Å². The Morgan fingerprint density at radius 1 is 1.00 bits per heavy atom. The second kappa shape index (κ2) is 7.28. The fraction of sp³-hybridized carbons (Fsp3) is 0.368. The first-order valence-corrected chi connectivity index (χ1v) is 7.60. The Hall–Kier alpha value is -1.80. The molecule has 2 aromatic carbocycles. The van der Waals surface area contributed by atoms with Crippen molar-refractivity contribution in [1.82, 2.24) is 0 Å². The van der Waals surface area contributed by atoms with Crippen LogP contribution in [0.1, 0.15) is 43.1 Å². The molecule has 2 unspecified atom stereocenters. The van der Waals surface area contributed by atoms with Crippen LogP contribution in [0.5, 0.6) is 5.75 Å². The Bertz CT molecular complexity index is 543. The van der Waals surface area contributed by atoms with E-state index in [9.17, 15) is 5.11 Å². The average molecular weight is 284 g/mol. The second-order valence-electron chi connectivity index (χ2n) is 5.57. The van der Waals surface area contributed by atoms with Gasteiger partial charge in [0.15, 0.2) is 0 Å². The maximum absolute atomic E-state index is 10.4. The summed E-state index contributed by atoms with van der Waals surface area (Å²) in [5.41, 5.74) is 3.39. The van der Waals surface area contributed by atoms with E-state index in [1.165, 1.54) is 11.1 Å². The molecule has 2 atom stereocenters. The van der Waals surface area contributed by atoms with Crippen LogP contribution in [0, 0.1) is 6.92 Å². The number of hydrogen-bond donors (Lipinski definition) is 1. The predicted octanol–water partition coefficient (Wildman–Crippen LogP) is 4.45. The summed E-state index contributed by atoms with van der Waals surface area (Å²) in [5.74, 6) is 0.800. The Balaban J connectivity index is 1.99. The van der Waals surface area contributed by atoms with Gasteiger partial charge >= 0.3 is 0 Å². The van der Waals surface area contributed by atoms with E-state index < -0.39 is 6.10 Å². The average Bonchev–Trinajstić information content (AvgIpc) is 2.49. The summed E-state index contributed by atoms with van der Waals surface area (Å²) in [5, 5.41) is 10.4. The lowest BCUT2D eigenvalue weighted by molar-refractivity contribution is 0.0467. The van der Waals surface area contributed by atoms with Crippen molar-refractivity contribution >= 4 is 0 Å². The predicted molar refractivity (Wildman–Crippen MR) is 86.7 cm³/mol. The third-order valence-corrected chi connectivity index (χ3v) is 3.65. The quantitative estimate of drug-likeness (QED) is 0.849. The van der Waals surface area contributed by atoms with Crippen molar-refractivity contribution in [3.05, 3.63) is 65.2 Å². The highest BCUT2D eigenvalue weighted by atomic mass is 16.5. The Kier molecular flexibility index (Phi) is 5.40. The van der Waals surface area contributed by atoms with Gasteiger partial charge in [0.05, 0.1) is 0 Å². The van der Waals surface area contributed by atoms with E-state index in [0.29, 0.717) is 0 Å². The lowest BCUT2D eigenvalue weighted by atomic mass is 10.0. The summed E-state index contributed by atoms with van der Waals surface area (Å²) < 4.78 is 5.84. The SMILES string of the molecule is CCCc1ccc(OC(C)C(O)c2ccc(C)cc2)cc1. The van der Waals surface area contributed by atoms with Crippen LogP contribution in [0.25, 0.3) is 0 Å². The van der Waals surface area contributed by atoms with Crippen LogP contribution in [0.15, 0.2) is 48.5 Å². The van der Waals surface area contributed by atoms with E-state index in [4.69, 9.17) is 4.74 Å². The summed E-state index contributed by atoms with van der Waals surface area (Å²) in [7, 11) is 0. The molecule has 0 saturated heterocycles. The van der Waals surface area contributed by atoms with Gasteiger partial charge in [-0.3, -0.25) is 0 Å². The zero-order chi connectivity index (χ0) is 15.2. The maximum atomic E-state index is 10.4. The van der Waals surface area contributed by atoms with E-state index in [-0.39, 0.29) is 6.10 Å². The molecule has 112 valence electrons. The smallest absolute Gasteiger partial charge is 0.126 e.